The Morgan fingerprint density at radius 1 is 1.25 bits per heavy atom. The SMILES string of the molecule is CCCNc1ncc(S(=O)(=O)Nc2nnc(C)o2)cn1. The molecule has 2 N–H and O–H groups in total. The van der Waals surface area contributed by atoms with Crippen molar-refractivity contribution in [2.75, 3.05) is 16.6 Å². The highest BCUT2D eigenvalue weighted by atomic mass is 32.2. The Labute approximate surface area is 115 Å². The van der Waals surface area contributed by atoms with Crippen molar-refractivity contribution in [2.45, 2.75) is 25.2 Å². The lowest BCUT2D eigenvalue weighted by Crippen LogP contribution is -2.14. The van der Waals surface area contributed by atoms with Gasteiger partial charge in [-0.25, -0.2) is 23.1 Å². The average molecular weight is 298 g/mol. The molecule has 0 aliphatic heterocycles. The summed E-state index contributed by atoms with van der Waals surface area (Å²) < 4.78 is 31.1. The predicted octanol–water partition coefficient (Wildman–Crippen LogP) is 0.791. The van der Waals surface area contributed by atoms with Crippen LogP contribution in [-0.4, -0.2) is 35.1 Å². The van der Waals surface area contributed by atoms with Crippen LogP contribution in [0.5, 0.6) is 0 Å². The van der Waals surface area contributed by atoms with Crippen molar-refractivity contribution in [2.24, 2.45) is 0 Å². The molecule has 0 saturated heterocycles. The van der Waals surface area contributed by atoms with Gasteiger partial charge in [0.25, 0.3) is 10.0 Å². The molecule has 0 spiro atoms. The summed E-state index contributed by atoms with van der Waals surface area (Å²) in [5.41, 5.74) is 0. The summed E-state index contributed by atoms with van der Waals surface area (Å²) in [5.74, 6) is 0.637. The number of nitrogens with one attached hydrogen (secondary N) is 2. The number of hydrogen-bond acceptors (Lipinski definition) is 8. The predicted molar refractivity (Wildman–Crippen MR) is 70.7 cm³/mol. The van der Waals surface area contributed by atoms with Crippen LogP contribution in [0.25, 0.3) is 0 Å². The smallest absolute Gasteiger partial charge is 0.329 e. The molecule has 0 aliphatic carbocycles. The highest BCUT2D eigenvalue weighted by Gasteiger charge is 2.18. The van der Waals surface area contributed by atoms with Crippen molar-refractivity contribution >= 4 is 22.0 Å². The number of hydrogen-bond donors (Lipinski definition) is 2. The number of nitrogens with zero attached hydrogens (tertiary/aromatic N) is 4. The molecule has 2 aromatic rings. The van der Waals surface area contributed by atoms with E-state index >= 15 is 0 Å². The minimum atomic E-state index is -3.84. The summed E-state index contributed by atoms with van der Waals surface area (Å²) in [6, 6.07) is -0.198. The molecule has 9 nitrogen and oxygen atoms in total. The van der Waals surface area contributed by atoms with Gasteiger partial charge in [-0.2, -0.15) is 0 Å². The average Bonchev–Trinajstić information content (AvgIpc) is 2.81. The first-order valence-electron chi connectivity index (χ1n) is 5.90. The zero-order valence-electron chi connectivity index (χ0n) is 11.0. The Morgan fingerprint density at radius 3 is 2.50 bits per heavy atom. The third-order valence-corrected chi connectivity index (χ3v) is 3.49. The van der Waals surface area contributed by atoms with E-state index < -0.39 is 10.0 Å². The first kappa shape index (κ1) is 14.2. The summed E-state index contributed by atoms with van der Waals surface area (Å²) in [6.45, 7) is 4.27. The molecule has 0 aliphatic rings. The van der Waals surface area contributed by atoms with Crippen LogP contribution in [0, 0.1) is 6.92 Å². The second-order valence-corrected chi connectivity index (χ2v) is 5.58. The van der Waals surface area contributed by atoms with Crippen molar-refractivity contribution in [1.82, 2.24) is 20.2 Å². The maximum atomic E-state index is 12.0. The van der Waals surface area contributed by atoms with Crippen LogP contribution in [0.3, 0.4) is 0 Å². The zero-order chi connectivity index (χ0) is 14.6. The van der Waals surface area contributed by atoms with E-state index in [0.717, 1.165) is 6.42 Å². The van der Waals surface area contributed by atoms with Gasteiger partial charge >= 0.3 is 6.01 Å². The topological polar surface area (TPSA) is 123 Å². The molecule has 0 bridgehead atoms. The van der Waals surface area contributed by atoms with Gasteiger partial charge in [0.2, 0.25) is 11.8 Å². The van der Waals surface area contributed by atoms with E-state index in [4.69, 9.17) is 4.42 Å². The van der Waals surface area contributed by atoms with Crippen molar-refractivity contribution < 1.29 is 12.8 Å². The highest BCUT2D eigenvalue weighted by molar-refractivity contribution is 7.92. The van der Waals surface area contributed by atoms with Crippen LogP contribution < -0.4 is 10.0 Å². The number of rotatable bonds is 6. The van der Waals surface area contributed by atoms with E-state index in [0.29, 0.717) is 12.5 Å². The van der Waals surface area contributed by atoms with Crippen LogP contribution in [0.4, 0.5) is 12.0 Å². The lowest BCUT2D eigenvalue weighted by atomic mass is 10.5. The van der Waals surface area contributed by atoms with Crippen molar-refractivity contribution in [3.05, 3.63) is 18.3 Å². The van der Waals surface area contributed by atoms with Gasteiger partial charge in [-0.05, 0) is 6.42 Å². The minimum Gasteiger partial charge on any atom is -0.408 e. The summed E-state index contributed by atoms with van der Waals surface area (Å²) in [6.07, 6.45) is 3.33. The molecule has 0 unspecified atom stereocenters. The van der Waals surface area contributed by atoms with Gasteiger partial charge in [-0.3, -0.25) is 0 Å². The van der Waals surface area contributed by atoms with Gasteiger partial charge in [0, 0.05) is 13.5 Å². The van der Waals surface area contributed by atoms with E-state index in [1.165, 1.54) is 12.4 Å². The van der Waals surface area contributed by atoms with Crippen LogP contribution in [0.2, 0.25) is 0 Å². The van der Waals surface area contributed by atoms with Gasteiger partial charge in [0.1, 0.15) is 4.90 Å². The van der Waals surface area contributed by atoms with Crippen LogP contribution >= 0.6 is 0 Å². The van der Waals surface area contributed by atoms with Crippen molar-refractivity contribution in [3.63, 3.8) is 0 Å². The lowest BCUT2D eigenvalue weighted by Gasteiger charge is -2.05. The second-order valence-electron chi connectivity index (χ2n) is 3.90. The maximum Gasteiger partial charge on any atom is 0.329 e. The number of anilines is 2. The summed E-state index contributed by atoms with van der Waals surface area (Å²) in [5, 5.41) is 10.0. The van der Waals surface area contributed by atoms with Gasteiger partial charge in [-0.15, -0.1) is 5.10 Å². The maximum absolute atomic E-state index is 12.0. The molecule has 108 valence electrons. The summed E-state index contributed by atoms with van der Waals surface area (Å²) in [4.78, 5) is 7.75. The Bertz CT molecular complexity index is 667. The third kappa shape index (κ3) is 3.41. The first-order chi connectivity index (χ1) is 9.51. The molecule has 0 aromatic carbocycles. The molecule has 0 amide bonds. The number of sulfonamides is 1. The Morgan fingerprint density at radius 2 is 1.95 bits per heavy atom. The first-order valence-corrected chi connectivity index (χ1v) is 7.38. The van der Waals surface area contributed by atoms with Crippen molar-refractivity contribution in [3.8, 4) is 0 Å². The molecular formula is C10H14N6O3S. The van der Waals surface area contributed by atoms with E-state index in [2.05, 4.69) is 30.2 Å². The Balaban J connectivity index is 2.13. The van der Waals surface area contributed by atoms with Crippen molar-refractivity contribution in [1.29, 1.82) is 0 Å². The molecule has 0 fully saturated rings. The quantitative estimate of drug-likeness (QED) is 0.802. The Hall–Kier alpha value is -2.23. The molecule has 0 saturated carbocycles. The molecule has 2 aromatic heterocycles. The molecule has 2 heterocycles. The molecule has 2 rings (SSSR count). The normalized spacial score (nSPS) is 11.3. The number of aryl methyl sites for hydroxylation is 1. The van der Waals surface area contributed by atoms with Crippen LogP contribution in [0.1, 0.15) is 19.2 Å². The van der Waals surface area contributed by atoms with E-state index in [1.807, 2.05) is 6.92 Å². The number of aromatic nitrogens is 4. The van der Waals surface area contributed by atoms with E-state index in [1.54, 1.807) is 6.92 Å². The molecule has 20 heavy (non-hydrogen) atoms. The third-order valence-electron chi connectivity index (χ3n) is 2.22. The minimum absolute atomic E-state index is 0.0876. The zero-order valence-corrected chi connectivity index (χ0v) is 11.8. The van der Waals surface area contributed by atoms with Crippen LogP contribution in [0.15, 0.2) is 21.7 Å². The Kier molecular flexibility index (Phi) is 4.13. The monoisotopic (exact) mass is 298 g/mol. The fraction of sp³-hybridized carbons (Fsp3) is 0.400. The standard InChI is InChI=1S/C10H14N6O3S/c1-3-4-11-9-12-5-8(6-13-9)20(17,18)16-10-15-14-7(2)19-10/h5-6H,3-4H2,1-2H3,(H,15,16)(H,11,12,13). The molecule has 10 heteroatoms. The fourth-order valence-electron chi connectivity index (χ4n) is 1.29. The molecule has 0 radical (unpaired) electrons. The second kappa shape index (κ2) is 5.82. The molecular weight excluding hydrogens is 284 g/mol. The fourth-order valence-corrected chi connectivity index (χ4v) is 2.11. The highest BCUT2D eigenvalue weighted by Crippen LogP contribution is 2.13. The van der Waals surface area contributed by atoms with Gasteiger partial charge in [0.05, 0.1) is 12.4 Å². The van der Waals surface area contributed by atoms with Gasteiger partial charge in [-0.1, -0.05) is 12.0 Å². The molecule has 0 atom stereocenters. The van der Waals surface area contributed by atoms with E-state index in [9.17, 15) is 8.42 Å². The van der Waals surface area contributed by atoms with Gasteiger partial charge < -0.3 is 9.73 Å². The largest absolute Gasteiger partial charge is 0.408 e. The lowest BCUT2D eigenvalue weighted by molar-refractivity contribution is 0.534. The summed E-state index contributed by atoms with van der Waals surface area (Å²) >= 11 is 0. The van der Waals surface area contributed by atoms with E-state index in [-0.39, 0.29) is 16.8 Å². The van der Waals surface area contributed by atoms with Gasteiger partial charge in [0.15, 0.2) is 0 Å². The van der Waals surface area contributed by atoms with Crippen LogP contribution in [-0.2, 0) is 10.0 Å². The summed E-state index contributed by atoms with van der Waals surface area (Å²) in [7, 11) is -3.84.